The molecule has 0 saturated carbocycles. The van der Waals surface area contributed by atoms with Crippen LogP contribution in [0.2, 0.25) is 0 Å². The topological polar surface area (TPSA) is 66.5 Å². The summed E-state index contributed by atoms with van der Waals surface area (Å²) in [7, 11) is -3.72. The van der Waals surface area contributed by atoms with Gasteiger partial charge in [0.2, 0.25) is 15.9 Å². The third-order valence-electron chi connectivity index (χ3n) is 3.99. The Kier molecular flexibility index (Phi) is 6.97. The van der Waals surface area contributed by atoms with E-state index in [0.29, 0.717) is 11.6 Å². The predicted octanol–water partition coefficient (Wildman–Crippen LogP) is 4.22. The smallest absolute Gasteiger partial charge is 0.243 e. The van der Waals surface area contributed by atoms with Gasteiger partial charge in [0.15, 0.2) is 0 Å². The van der Waals surface area contributed by atoms with Crippen LogP contribution >= 0.6 is 15.9 Å². The quantitative estimate of drug-likeness (QED) is 0.703. The van der Waals surface area contributed by atoms with Crippen LogP contribution in [0.1, 0.15) is 32.3 Å². The highest BCUT2D eigenvalue weighted by molar-refractivity contribution is 9.10. The fourth-order valence-electron chi connectivity index (χ4n) is 2.43. The number of hydrogen-bond donors (Lipinski definition) is 1. The molecule has 2 aromatic carbocycles. The minimum Gasteiger partial charge on any atom is -0.325 e. The van der Waals surface area contributed by atoms with E-state index in [1.807, 2.05) is 24.3 Å². The Bertz CT molecular complexity index is 847. The lowest BCUT2D eigenvalue weighted by Crippen LogP contribution is -2.37. The maximum absolute atomic E-state index is 12.7. The molecule has 0 aliphatic carbocycles. The van der Waals surface area contributed by atoms with Gasteiger partial charge in [-0.1, -0.05) is 48.8 Å². The van der Waals surface area contributed by atoms with Gasteiger partial charge in [0.1, 0.15) is 0 Å². The van der Waals surface area contributed by atoms with Crippen molar-refractivity contribution in [2.45, 2.75) is 31.6 Å². The van der Waals surface area contributed by atoms with E-state index in [1.54, 1.807) is 19.1 Å². The van der Waals surface area contributed by atoms with Crippen molar-refractivity contribution in [2.75, 3.05) is 18.4 Å². The number of likely N-dealkylation sites (N-methyl/N-ethyl adjacent to an activating group) is 1. The summed E-state index contributed by atoms with van der Waals surface area (Å²) < 4.78 is 27.4. The molecule has 1 amide bonds. The molecule has 0 fully saturated rings. The van der Waals surface area contributed by atoms with Crippen molar-refractivity contribution in [2.24, 2.45) is 0 Å². The van der Waals surface area contributed by atoms with E-state index in [1.165, 1.54) is 17.7 Å². The Morgan fingerprint density at radius 3 is 2.15 bits per heavy atom. The number of amides is 1. The van der Waals surface area contributed by atoms with Crippen LogP contribution in [0.25, 0.3) is 0 Å². The lowest BCUT2D eigenvalue weighted by Gasteiger charge is -2.20. The number of nitrogens with one attached hydrogen (secondary N) is 1. The molecule has 26 heavy (non-hydrogen) atoms. The Balaban J connectivity index is 2.08. The zero-order chi connectivity index (χ0) is 19.3. The number of rotatable bonds is 7. The molecule has 0 unspecified atom stereocenters. The maximum atomic E-state index is 12.7. The summed E-state index contributed by atoms with van der Waals surface area (Å²) in [4.78, 5) is 12.5. The highest BCUT2D eigenvalue weighted by Crippen LogP contribution is 2.20. The standard InChI is InChI=1S/C19H23BrN2O3S/c1-4-22(26(24,25)18-11-7-16(20)8-12-18)13-19(23)21-17-9-5-15(6-10-17)14(2)3/h5-12,14H,4,13H2,1-3H3,(H,21,23). The van der Waals surface area contributed by atoms with Crippen LogP contribution < -0.4 is 5.32 Å². The molecule has 0 spiro atoms. The molecular weight excluding hydrogens is 416 g/mol. The van der Waals surface area contributed by atoms with Gasteiger partial charge in [-0.3, -0.25) is 4.79 Å². The number of anilines is 1. The van der Waals surface area contributed by atoms with Gasteiger partial charge in [-0.05, 0) is 47.9 Å². The molecule has 2 rings (SSSR count). The highest BCUT2D eigenvalue weighted by Gasteiger charge is 2.25. The fourth-order valence-corrected chi connectivity index (χ4v) is 4.10. The van der Waals surface area contributed by atoms with Crippen molar-refractivity contribution in [3.8, 4) is 0 Å². The SMILES string of the molecule is CCN(CC(=O)Nc1ccc(C(C)C)cc1)S(=O)(=O)c1ccc(Br)cc1. The van der Waals surface area contributed by atoms with Crippen molar-refractivity contribution in [3.63, 3.8) is 0 Å². The molecular formula is C19H23BrN2O3S. The van der Waals surface area contributed by atoms with Crippen molar-refractivity contribution in [1.29, 1.82) is 0 Å². The van der Waals surface area contributed by atoms with E-state index in [4.69, 9.17) is 0 Å². The van der Waals surface area contributed by atoms with Crippen LogP contribution in [0.15, 0.2) is 57.9 Å². The van der Waals surface area contributed by atoms with Crippen molar-refractivity contribution < 1.29 is 13.2 Å². The Labute approximate surface area is 163 Å². The lowest BCUT2D eigenvalue weighted by atomic mass is 10.0. The van der Waals surface area contributed by atoms with E-state index >= 15 is 0 Å². The van der Waals surface area contributed by atoms with Crippen LogP contribution in [0, 0.1) is 0 Å². The summed E-state index contributed by atoms with van der Waals surface area (Å²) in [5, 5.41) is 2.75. The van der Waals surface area contributed by atoms with Gasteiger partial charge in [0, 0.05) is 16.7 Å². The van der Waals surface area contributed by atoms with Crippen molar-refractivity contribution >= 4 is 37.5 Å². The van der Waals surface area contributed by atoms with Gasteiger partial charge in [-0.15, -0.1) is 0 Å². The molecule has 0 aliphatic heterocycles. The molecule has 0 heterocycles. The molecule has 1 N–H and O–H groups in total. The van der Waals surface area contributed by atoms with Crippen molar-refractivity contribution in [1.82, 2.24) is 4.31 Å². The van der Waals surface area contributed by atoms with Gasteiger partial charge < -0.3 is 5.32 Å². The second-order valence-electron chi connectivity index (χ2n) is 6.21. The number of carbonyl (C=O) groups excluding carboxylic acids is 1. The fraction of sp³-hybridized carbons (Fsp3) is 0.316. The zero-order valence-electron chi connectivity index (χ0n) is 15.1. The lowest BCUT2D eigenvalue weighted by molar-refractivity contribution is -0.116. The third kappa shape index (κ3) is 5.16. The first-order valence-corrected chi connectivity index (χ1v) is 10.6. The minimum atomic E-state index is -3.72. The minimum absolute atomic E-state index is 0.164. The monoisotopic (exact) mass is 438 g/mol. The van der Waals surface area contributed by atoms with E-state index in [9.17, 15) is 13.2 Å². The van der Waals surface area contributed by atoms with Gasteiger partial charge in [0.05, 0.1) is 11.4 Å². The van der Waals surface area contributed by atoms with Crippen LogP contribution in [-0.2, 0) is 14.8 Å². The van der Waals surface area contributed by atoms with E-state index < -0.39 is 10.0 Å². The zero-order valence-corrected chi connectivity index (χ0v) is 17.5. The molecule has 7 heteroatoms. The maximum Gasteiger partial charge on any atom is 0.243 e. The molecule has 5 nitrogen and oxygen atoms in total. The van der Waals surface area contributed by atoms with Crippen molar-refractivity contribution in [3.05, 3.63) is 58.6 Å². The highest BCUT2D eigenvalue weighted by atomic mass is 79.9. The summed E-state index contributed by atoms with van der Waals surface area (Å²) >= 11 is 3.28. The predicted molar refractivity (Wildman–Crippen MR) is 108 cm³/mol. The number of halogens is 1. The molecule has 0 bridgehead atoms. The summed E-state index contributed by atoms with van der Waals surface area (Å²) in [5.41, 5.74) is 1.83. The number of nitrogens with zero attached hydrogens (tertiary/aromatic N) is 1. The van der Waals surface area contributed by atoms with Crippen LogP contribution in [0.5, 0.6) is 0 Å². The Hall–Kier alpha value is -1.70. The summed E-state index contributed by atoms with van der Waals surface area (Å²) in [6.45, 7) is 5.87. The molecule has 0 saturated heterocycles. The third-order valence-corrected chi connectivity index (χ3v) is 6.45. The van der Waals surface area contributed by atoms with E-state index in [0.717, 1.165) is 8.78 Å². The van der Waals surface area contributed by atoms with Crippen LogP contribution in [0.4, 0.5) is 5.69 Å². The normalized spacial score (nSPS) is 11.8. The number of sulfonamides is 1. The largest absolute Gasteiger partial charge is 0.325 e. The first kappa shape index (κ1) is 20.6. The molecule has 0 radical (unpaired) electrons. The van der Waals surface area contributed by atoms with Gasteiger partial charge in [0.25, 0.3) is 0 Å². The average molecular weight is 439 g/mol. The summed E-state index contributed by atoms with van der Waals surface area (Å²) in [5.74, 6) is 0.0382. The van der Waals surface area contributed by atoms with Crippen LogP contribution in [0.3, 0.4) is 0 Å². The average Bonchev–Trinajstić information content (AvgIpc) is 2.60. The van der Waals surface area contributed by atoms with Gasteiger partial charge in [-0.25, -0.2) is 8.42 Å². The summed E-state index contributed by atoms with van der Waals surface area (Å²) in [6.07, 6.45) is 0. The molecule has 2 aromatic rings. The van der Waals surface area contributed by atoms with Crippen LogP contribution in [-0.4, -0.2) is 31.7 Å². The van der Waals surface area contributed by atoms with Gasteiger partial charge >= 0.3 is 0 Å². The molecule has 0 aliphatic rings. The second-order valence-corrected chi connectivity index (χ2v) is 9.06. The molecule has 140 valence electrons. The van der Waals surface area contributed by atoms with E-state index in [-0.39, 0.29) is 23.9 Å². The number of benzene rings is 2. The van der Waals surface area contributed by atoms with Gasteiger partial charge in [-0.2, -0.15) is 4.31 Å². The summed E-state index contributed by atoms with van der Waals surface area (Å²) in [6, 6.07) is 13.9. The first-order chi connectivity index (χ1) is 12.2. The second kappa shape index (κ2) is 8.79. The van der Waals surface area contributed by atoms with E-state index in [2.05, 4.69) is 35.1 Å². The first-order valence-electron chi connectivity index (χ1n) is 8.39. The Morgan fingerprint density at radius 2 is 1.65 bits per heavy atom. The number of carbonyl (C=O) groups is 1. The Morgan fingerprint density at radius 1 is 1.08 bits per heavy atom. The molecule has 0 atom stereocenters. The molecule has 0 aromatic heterocycles. The number of hydrogen-bond acceptors (Lipinski definition) is 3.